The van der Waals surface area contributed by atoms with Gasteiger partial charge in [0.25, 0.3) is 0 Å². The van der Waals surface area contributed by atoms with Gasteiger partial charge in [0.05, 0.1) is 5.41 Å². The molecule has 0 bridgehead atoms. The number of aliphatic carboxylic acids is 1. The summed E-state index contributed by atoms with van der Waals surface area (Å²) >= 11 is 0. The Kier molecular flexibility index (Phi) is 5.84. The van der Waals surface area contributed by atoms with Crippen molar-refractivity contribution in [3.63, 3.8) is 0 Å². The molecule has 2 aliphatic carbocycles. The van der Waals surface area contributed by atoms with Gasteiger partial charge in [-0.1, -0.05) is 25.7 Å². The molecule has 2 N–H and O–H groups in total. The molecule has 5 heteroatoms. The third kappa shape index (κ3) is 4.00. The molecule has 0 aliphatic heterocycles. The molecule has 0 unspecified atom stereocenters. The Morgan fingerprint density at radius 1 is 1.09 bits per heavy atom. The van der Waals surface area contributed by atoms with Gasteiger partial charge >= 0.3 is 5.97 Å². The Morgan fingerprint density at radius 3 is 2.27 bits per heavy atom. The van der Waals surface area contributed by atoms with Crippen molar-refractivity contribution < 1.29 is 19.4 Å². The molecule has 126 valence electrons. The second-order valence-electron chi connectivity index (χ2n) is 7.20. The second-order valence-corrected chi connectivity index (χ2v) is 7.20. The molecule has 1 amide bonds. The summed E-state index contributed by atoms with van der Waals surface area (Å²) in [5.74, 6) is -0.926. The largest absolute Gasteiger partial charge is 0.481 e. The molecule has 0 aromatic carbocycles. The van der Waals surface area contributed by atoms with E-state index in [2.05, 4.69) is 5.32 Å². The molecule has 0 aromatic heterocycles. The number of carbonyl (C=O) groups excluding carboxylic acids is 1. The highest BCUT2D eigenvalue weighted by molar-refractivity contribution is 5.85. The number of hydrogen-bond donors (Lipinski definition) is 2. The quantitative estimate of drug-likeness (QED) is 0.722. The topological polar surface area (TPSA) is 75.6 Å². The van der Waals surface area contributed by atoms with E-state index in [0.29, 0.717) is 19.4 Å². The summed E-state index contributed by atoms with van der Waals surface area (Å²) in [6.07, 6.45) is 9.20. The fourth-order valence-corrected chi connectivity index (χ4v) is 3.86. The van der Waals surface area contributed by atoms with Crippen LogP contribution in [0.5, 0.6) is 0 Å². The van der Waals surface area contributed by atoms with E-state index in [1.807, 2.05) is 0 Å². The van der Waals surface area contributed by atoms with Crippen molar-refractivity contribution in [2.24, 2.45) is 10.8 Å². The molecule has 2 aliphatic rings. The Morgan fingerprint density at radius 2 is 1.77 bits per heavy atom. The fourth-order valence-electron chi connectivity index (χ4n) is 3.86. The Bertz CT molecular complexity index is 397. The highest BCUT2D eigenvalue weighted by Gasteiger charge is 2.46. The Hall–Kier alpha value is -1.10. The van der Waals surface area contributed by atoms with Crippen LogP contribution in [-0.4, -0.2) is 37.2 Å². The number of nitrogens with one attached hydrogen (secondary N) is 1. The second kappa shape index (κ2) is 7.44. The molecule has 22 heavy (non-hydrogen) atoms. The Labute approximate surface area is 132 Å². The third-order valence-electron chi connectivity index (χ3n) is 5.67. The van der Waals surface area contributed by atoms with Crippen LogP contribution in [0.15, 0.2) is 0 Å². The van der Waals surface area contributed by atoms with Gasteiger partial charge in [-0.2, -0.15) is 0 Å². The number of ether oxygens (including phenoxy) is 1. The maximum absolute atomic E-state index is 12.2. The molecule has 2 rings (SSSR count). The highest BCUT2D eigenvalue weighted by atomic mass is 16.5. The maximum atomic E-state index is 12.2. The van der Waals surface area contributed by atoms with Crippen LogP contribution in [-0.2, 0) is 14.3 Å². The molecule has 0 saturated heterocycles. The third-order valence-corrected chi connectivity index (χ3v) is 5.67. The molecule has 2 fully saturated rings. The van der Waals surface area contributed by atoms with Gasteiger partial charge < -0.3 is 15.2 Å². The van der Waals surface area contributed by atoms with Gasteiger partial charge in [-0.25, -0.2) is 0 Å². The number of amides is 1. The zero-order chi connectivity index (χ0) is 16.1. The predicted molar refractivity (Wildman–Crippen MR) is 83.6 cm³/mol. The van der Waals surface area contributed by atoms with Crippen LogP contribution in [0.1, 0.15) is 64.2 Å². The summed E-state index contributed by atoms with van der Waals surface area (Å²) < 4.78 is 5.22. The smallest absolute Gasteiger partial charge is 0.310 e. The van der Waals surface area contributed by atoms with Crippen LogP contribution in [0, 0.1) is 10.8 Å². The first kappa shape index (κ1) is 17.3. The van der Waals surface area contributed by atoms with E-state index in [1.165, 1.54) is 19.3 Å². The monoisotopic (exact) mass is 311 g/mol. The lowest BCUT2D eigenvalue weighted by atomic mass is 9.66. The van der Waals surface area contributed by atoms with Crippen LogP contribution in [0.4, 0.5) is 0 Å². The maximum Gasteiger partial charge on any atom is 0.310 e. The van der Waals surface area contributed by atoms with Crippen LogP contribution in [0.2, 0.25) is 0 Å². The minimum atomic E-state index is -0.819. The average Bonchev–Trinajstić information content (AvgIpc) is 2.47. The lowest BCUT2D eigenvalue weighted by Gasteiger charge is -2.39. The summed E-state index contributed by atoms with van der Waals surface area (Å²) in [7, 11) is 1.71. The lowest BCUT2D eigenvalue weighted by molar-refractivity contribution is -0.157. The van der Waals surface area contributed by atoms with E-state index in [1.54, 1.807) is 7.11 Å². The zero-order valence-electron chi connectivity index (χ0n) is 13.7. The summed E-state index contributed by atoms with van der Waals surface area (Å²) in [6, 6.07) is 0. The van der Waals surface area contributed by atoms with Crippen molar-refractivity contribution >= 4 is 11.9 Å². The van der Waals surface area contributed by atoms with Crippen molar-refractivity contribution in [1.82, 2.24) is 5.32 Å². The number of hydrogen-bond acceptors (Lipinski definition) is 3. The number of carboxylic acids is 1. The highest BCUT2D eigenvalue weighted by Crippen LogP contribution is 2.44. The standard InChI is InChI=1S/C17H29NO4/c1-22-11-10-16(6-3-2-4-7-16)13-18-14(19)12-17(15(20)21)8-5-9-17/h2-13H2,1H3,(H,18,19)(H,20,21). The van der Waals surface area contributed by atoms with Gasteiger partial charge in [0.1, 0.15) is 0 Å². The van der Waals surface area contributed by atoms with Gasteiger partial charge in [0.15, 0.2) is 0 Å². The van der Waals surface area contributed by atoms with E-state index in [9.17, 15) is 14.7 Å². The molecule has 0 radical (unpaired) electrons. The summed E-state index contributed by atoms with van der Waals surface area (Å²) in [4.78, 5) is 23.6. The first-order valence-electron chi connectivity index (χ1n) is 8.51. The van der Waals surface area contributed by atoms with Crippen molar-refractivity contribution in [2.45, 2.75) is 64.2 Å². The van der Waals surface area contributed by atoms with E-state index in [4.69, 9.17) is 4.74 Å². The normalized spacial score (nSPS) is 22.6. The molecule has 0 spiro atoms. The van der Waals surface area contributed by atoms with Gasteiger partial charge in [-0.3, -0.25) is 9.59 Å². The van der Waals surface area contributed by atoms with E-state index >= 15 is 0 Å². The first-order chi connectivity index (χ1) is 10.5. The van der Waals surface area contributed by atoms with E-state index < -0.39 is 11.4 Å². The van der Waals surface area contributed by atoms with Crippen molar-refractivity contribution in [1.29, 1.82) is 0 Å². The average molecular weight is 311 g/mol. The SMILES string of the molecule is COCCC1(CNC(=O)CC2(C(=O)O)CCC2)CCCCC1. The van der Waals surface area contributed by atoms with Crippen LogP contribution in [0.3, 0.4) is 0 Å². The van der Waals surface area contributed by atoms with Crippen molar-refractivity contribution in [2.75, 3.05) is 20.3 Å². The van der Waals surface area contributed by atoms with E-state index in [0.717, 1.165) is 32.3 Å². The van der Waals surface area contributed by atoms with Gasteiger partial charge in [-0.05, 0) is 37.5 Å². The zero-order valence-corrected chi connectivity index (χ0v) is 13.7. The molecule has 0 heterocycles. The van der Waals surface area contributed by atoms with Crippen molar-refractivity contribution in [3.8, 4) is 0 Å². The van der Waals surface area contributed by atoms with Crippen molar-refractivity contribution in [3.05, 3.63) is 0 Å². The van der Waals surface area contributed by atoms with Gasteiger partial charge in [0.2, 0.25) is 5.91 Å². The number of rotatable bonds is 8. The predicted octanol–water partition coefficient (Wildman–Crippen LogP) is 2.73. The number of carboxylic acid groups (broad SMARTS) is 1. The Balaban J connectivity index is 1.86. The molecule has 5 nitrogen and oxygen atoms in total. The number of carbonyl (C=O) groups is 2. The molecule has 0 atom stereocenters. The van der Waals surface area contributed by atoms with E-state index in [-0.39, 0.29) is 17.7 Å². The van der Waals surface area contributed by atoms with Gasteiger partial charge in [-0.15, -0.1) is 0 Å². The minimum absolute atomic E-state index is 0.107. The minimum Gasteiger partial charge on any atom is -0.481 e. The summed E-state index contributed by atoms with van der Waals surface area (Å²) in [5, 5.41) is 12.3. The number of methoxy groups -OCH3 is 1. The molecule has 2 saturated carbocycles. The van der Waals surface area contributed by atoms with Gasteiger partial charge in [0, 0.05) is 26.7 Å². The molecular weight excluding hydrogens is 282 g/mol. The lowest BCUT2D eigenvalue weighted by Crippen LogP contribution is -2.45. The van der Waals surface area contributed by atoms with Crippen LogP contribution < -0.4 is 5.32 Å². The van der Waals surface area contributed by atoms with Crippen LogP contribution in [0.25, 0.3) is 0 Å². The summed E-state index contributed by atoms with van der Waals surface area (Å²) in [5.41, 5.74) is -0.656. The van der Waals surface area contributed by atoms with Crippen LogP contribution >= 0.6 is 0 Å². The first-order valence-corrected chi connectivity index (χ1v) is 8.51. The fraction of sp³-hybridized carbons (Fsp3) is 0.882. The molecular formula is C17H29NO4. The summed E-state index contributed by atoms with van der Waals surface area (Å²) in [6.45, 7) is 1.37. The molecule has 0 aromatic rings.